The monoisotopic (exact) mass is 374 g/mol. The molecular formula is C17H19BrN4O. The number of halogens is 1. The van der Waals surface area contributed by atoms with Gasteiger partial charge in [0.15, 0.2) is 5.96 Å². The molecule has 0 spiro atoms. The molecule has 0 aliphatic heterocycles. The highest BCUT2D eigenvalue weighted by atomic mass is 79.9. The minimum absolute atomic E-state index is 0.281. The summed E-state index contributed by atoms with van der Waals surface area (Å²) in [6, 6.07) is 9.96. The molecule has 2 aromatic rings. The van der Waals surface area contributed by atoms with E-state index >= 15 is 0 Å². The normalized spacial score (nSPS) is 14.1. The van der Waals surface area contributed by atoms with Gasteiger partial charge in [-0.25, -0.2) is 0 Å². The molecule has 5 nitrogen and oxygen atoms in total. The topological polar surface area (TPSA) is 80.4 Å². The second-order valence-corrected chi connectivity index (χ2v) is 6.33. The van der Waals surface area contributed by atoms with E-state index in [0.717, 1.165) is 27.4 Å². The third kappa shape index (κ3) is 4.16. The van der Waals surface area contributed by atoms with E-state index in [0.29, 0.717) is 5.96 Å². The van der Waals surface area contributed by atoms with Gasteiger partial charge in [0.25, 0.3) is 0 Å². The molecule has 1 aromatic carbocycles. The third-order valence-electron chi connectivity index (χ3n) is 3.67. The molecule has 23 heavy (non-hydrogen) atoms. The van der Waals surface area contributed by atoms with E-state index in [1.165, 1.54) is 0 Å². The number of aliphatic imine (C=N–C) groups is 1. The number of rotatable bonds is 5. The van der Waals surface area contributed by atoms with Crippen LogP contribution in [-0.2, 0) is 10.3 Å². The zero-order valence-electron chi connectivity index (χ0n) is 13.1. The molecule has 0 fully saturated rings. The van der Waals surface area contributed by atoms with Gasteiger partial charge in [0.2, 0.25) is 0 Å². The van der Waals surface area contributed by atoms with Crippen LogP contribution in [0.1, 0.15) is 18.9 Å². The molecule has 1 aromatic heterocycles. The average Bonchev–Trinajstić information content (AvgIpc) is 2.55. The molecule has 1 heterocycles. The first-order valence-electron chi connectivity index (χ1n) is 7.14. The Balaban J connectivity index is 2.45. The second kappa shape index (κ2) is 7.37. The van der Waals surface area contributed by atoms with Crippen LogP contribution in [0.15, 0.2) is 52.2 Å². The Morgan fingerprint density at radius 3 is 2.83 bits per heavy atom. The number of nitrogens with zero attached hydrogens (tertiary/aromatic N) is 2. The lowest BCUT2D eigenvalue weighted by atomic mass is 9.87. The Labute approximate surface area is 144 Å². The Morgan fingerprint density at radius 2 is 2.17 bits per heavy atom. The van der Waals surface area contributed by atoms with Crippen LogP contribution in [0, 0.1) is 0 Å². The van der Waals surface area contributed by atoms with Crippen LogP contribution >= 0.6 is 15.9 Å². The largest absolute Gasteiger partial charge is 0.370 e. The first kappa shape index (κ1) is 17.1. The molecule has 0 aliphatic rings. The summed E-state index contributed by atoms with van der Waals surface area (Å²) in [5.41, 5.74) is 8.14. The zero-order chi connectivity index (χ0) is 16.9. The van der Waals surface area contributed by atoms with Gasteiger partial charge in [-0.15, -0.1) is 0 Å². The van der Waals surface area contributed by atoms with E-state index < -0.39 is 5.54 Å². The fraction of sp³-hybridized carbons (Fsp3) is 0.235. The van der Waals surface area contributed by atoms with Gasteiger partial charge in [-0.1, -0.05) is 18.2 Å². The maximum atomic E-state index is 11.1. The Hall–Kier alpha value is -2.21. The fourth-order valence-electron chi connectivity index (χ4n) is 2.36. The molecular weight excluding hydrogens is 356 g/mol. The van der Waals surface area contributed by atoms with Crippen molar-refractivity contribution in [3.8, 4) is 11.1 Å². The van der Waals surface area contributed by atoms with E-state index in [4.69, 9.17) is 5.73 Å². The summed E-state index contributed by atoms with van der Waals surface area (Å²) in [7, 11) is 1.60. The number of carbonyl (C=O) groups excluding carboxylic acids is 1. The van der Waals surface area contributed by atoms with E-state index in [1.807, 2.05) is 37.3 Å². The van der Waals surface area contributed by atoms with Crippen molar-refractivity contribution in [2.45, 2.75) is 18.9 Å². The van der Waals surface area contributed by atoms with Crippen molar-refractivity contribution in [1.29, 1.82) is 0 Å². The van der Waals surface area contributed by atoms with E-state index in [9.17, 15) is 4.79 Å². The second-order valence-electron chi connectivity index (χ2n) is 5.41. The summed E-state index contributed by atoms with van der Waals surface area (Å²) in [4.78, 5) is 19.2. The quantitative estimate of drug-likeness (QED) is 0.479. The lowest BCUT2D eigenvalue weighted by Gasteiger charge is -2.30. The molecule has 0 aliphatic carbocycles. The van der Waals surface area contributed by atoms with Gasteiger partial charge in [-0.2, -0.15) is 0 Å². The number of aromatic nitrogens is 1. The van der Waals surface area contributed by atoms with Crippen molar-refractivity contribution in [3.63, 3.8) is 0 Å². The molecule has 0 saturated carbocycles. The van der Waals surface area contributed by atoms with Crippen LogP contribution in [0.3, 0.4) is 0 Å². The van der Waals surface area contributed by atoms with Crippen LogP contribution in [0.2, 0.25) is 0 Å². The molecule has 120 valence electrons. The van der Waals surface area contributed by atoms with Crippen molar-refractivity contribution >= 4 is 28.2 Å². The number of nitrogens with two attached hydrogens (primary N) is 1. The van der Waals surface area contributed by atoms with Gasteiger partial charge >= 0.3 is 0 Å². The summed E-state index contributed by atoms with van der Waals surface area (Å²) in [6.07, 6.45) is 4.70. The predicted octanol–water partition coefficient (Wildman–Crippen LogP) is 2.85. The minimum Gasteiger partial charge on any atom is -0.370 e. The van der Waals surface area contributed by atoms with Crippen LogP contribution < -0.4 is 11.1 Å². The first-order valence-corrected chi connectivity index (χ1v) is 7.93. The van der Waals surface area contributed by atoms with Crippen LogP contribution in [0.25, 0.3) is 11.1 Å². The predicted molar refractivity (Wildman–Crippen MR) is 96.1 cm³/mol. The standard InChI is InChI=1S/C17H19BrN4O/c1-17(6-7-23,22-16(19)20-2)14-5-3-4-12(8-14)13-9-15(18)11-21-10-13/h3-5,7-11H,6H2,1-2H3,(H3,19,20,22)/t17-/m0/s1. The molecule has 2 rings (SSSR count). The van der Waals surface area contributed by atoms with Gasteiger partial charge < -0.3 is 15.8 Å². The van der Waals surface area contributed by atoms with Crippen LogP contribution in [0.5, 0.6) is 0 Å². The van der Waals surface area contributed by atoms with Gasteiger partial charge in [0, 0.05) is 35.9 Å². The number of hydrogen-bond donors (Lipinski definition) is 2. The minimum atomic E-state index is -0.624. The SMILES string of the molecule is CN=C(N)N[C@@](C)(CC=O)c1cccc(-c2cncc(Br)c2)c1. The summed E-state index contributed by atoms with van der Waals surface area (Å²) in [5.74, 6) is 0.295. The lowest BCUT2D eigenvalue weighted by molar-refractivity contribution is -0.108. The van der Waals surface area contributed by atoms with Crippen molar-refractivity contribution in [3.05, 3.63) is 52.8 Å². The van der Waals surface area contributed by atoms with Crippen LogP contribution in [-0.4, -0.2) is 24.3 Å². The highest BCUT2D eigenvalue weighted by Crippen LogP contribution is 2.29. The van der Waals surface area contributed by atoms with E-state index in [1.54, 1.807) is 19.4 Å². The van der Waals surface area contributed by atoms with Gasteiger partial charge in [-0.3, -0.25) is 9.98 Å². The number of aldehydes is 1. The number of pyridine rings is 1. The number of guanidine groups is 1. The molecule has 0 unspecified atom stereocenters. The molecule has 0 saturated heterocycles. The zero-order valence-corrected chi connectivity index (χ0v) is 14.7. The van der Waals surface area contributed by atoms with Crippen molar-refractivity contribution in [2.24, 2.45) is 10.7 Å². The lowest BCUT2D eigenvalue weighted by Crippen LogP contribution is -2.47. The van der Waals surface area contributed by atoms with Gasteiger partial charge in [0.1, 0.15) is 6.29 Å². The number of carbonyl (C=O) groups is 1. The summed E-state index contributed by atoms with van der Waals surface area (Å²) >= 11 is 3.43. The number of hydrogen-bond acceptors (Lipinski definition) is 3. The maximum Gasteiger partial charge on any atom is 0.189 e. The van der Waals surface area contributed by atoms with E-state index in [2.05, 4.69) is 31.2 Å². The molecule has 3 N–H and O–H groups in total. The molecule has 1 atom stereocenters. The Bertz CT molecular complexity index is 732. The Morgan fingerprint density at radius 1 is 1.39 bits per heavy atom. The van der Waals surface area contributed by atoms with E-state index in [-0.39, 0.29) is 6.42 Å². The summed E-state index contributed by atoms with van der Waals surface area (Å²) in [5, 5.41) is 3.12. The summed E-state index contributed by atoms with van der Waals surface area (Å²) < 4.78 is 0.913. The highest BCUT2D eigenvalue weighted by molar-refractivity contribution is 9.10. The first-order chi connectivity index (χ1) is 11.0. The van der Waals surface area contributed by atoms with Gasteiger partial charge in [0.05, 0.1) is 5.54 Å². The van der Waals surface area contributed by atoms with Gasteiger partial charge in [-0.05, 0) is 46.1 Å². The fourth-order valence-corrected chi connectivity index (χ4v) is 2.72. The Kier molecular flexibility index (Phi) is 5.50. The number of benzene rings is 1. The molecule has 0 bridgehead atoms. The maximum absolute atomic E-state index is 11.1. The van der Waals surface area contributed by atoms with Crippen LogP contribution in [0.4, 0.5) is 0 Å². The third-order valence-corrected chi connectivity index (χ3v) is 4.11. The molecule has 0 amide bonds. The highest BCUT2D eigenvalue weighted by Gasteiger charge is 2.27. The average molecular weight is 375 g/mol. The number of nitrogens with one attached hydrogen (secondary N) is 1. The van der Waals surface area contributed by atoms with Crippen molar-refractivity contribution in [1.82, 2.24) is 10.3 Å². The van der Waals surface area contributed by atoms with Crippen molar-refractivity contribution < 1.29 is 4.79 Å². The molecule has 6 heteroatoms. The smallest absolute Gasteiger partial charge is 0.189 e. The summed E-state index contributed by atoms with van der Waals surface area (Å²) in [6.45, 7) is 1.93. The van der Waals surface area contributed by atoms with Crippen molar-refractivity contribution in [2.75, 3.05) is 7.05 Å². The molecule has 0 radical (unpaired) electrons.